The highest BCUT2D eigenvalue weighted by atomic mass is 32.1. The van der Waals surface area contributed by atoms with Gasteiger partial charge in [0.25, 0.3) is 0 Å². The number of anilines is 1. The molecule has 1 unspecified atom stereocenters. The summed E-state index contributed by atoms with van der Waals surface area (Å²) in [7, 11) is 1.61. The Hall–Kier alpha value is -3.84. The Morgan fingerprint density at radius 2 is 2.21 bits per heavy atom. The molecule has 176 valence electrons. The maximum atomic E-state index is 12.8. The number of para-hydroxylation sites is 1. The standard InChI is InChI=1S/C24H26N6O3S/c1-15(19-12-26-14-27-19)28-24(32)30-10-9-17-18(11-25)23(34-21(17)13-30)29-22(31)8-7-16-5-3-4-6-20(16)33-2/h3-6,12,14-15H,7-10,13H2,1-2H3,(H,26,27)(H,28,32)(H,29,31). The molecule has 1 aliphatic heterocycles. The quantitative estimate of drug-likeness (QED) is 0.477. The normalized spacial score (nSPS) is 13.5. The van der Waals surface area contributed by atoms with Gasteiger partial charge in [0.2, 0.25) is 5.91 Å². The first-order chi connectivity index (χ1) is 16.5. The van der Waals surface area contributed by atoms with Crippen molar-refractivity contribution in [2.45, 2.75) is 38.8 Å². The van der Waals surface area contributed by atoms with Crippen LogP contribution in [0.5, 0.6) is 5.75 Å². The number of aromatic nitrogens is 2. The van der Waals surface area contributed by atoms with Crippen molar-refractivity contribution < 1.29 is 14.3 Å². The van der Waals surface area contributed by atoms with E-state index in [1.165, 1.54) is 11.3 Å². The van der Waals surface area contributed by atoms with Crippen LogP contribution < -0.4 is 15.4 Å². The Labute approximate surface area is 201 Å². The van der Waals surface area contributed by atoms with Crippen LogP contribution in [-0.2, 0) is 24.2 Å². The number of carbonyl (C=O) groups excluding carboxylic acids is 2. The van der Waals surface area contributed by atoms with Crippen molar-refractivity contribution in [3.05, 3.63) is 64.1 Å². The number of nitrogens with one attached hydrogen (secondary N) is 3. The van der Waals surface area contributed by atoms with Crippen LogP contribution >= 0.6 is 11.3 Å². The molecule has 0 spiro atoms. The van der Waals surface area contributed by atoms with Crippen molar-refractivity contribution in [1.82, 2.24) is 20.2 Å². The summed E-state index contributed by atoms with van der Waals surface area (Å²) in [6.45, 7) is 2.78. The second-order valence-electron chi connectivity index (χ2n) is 8.03. The minimum absolute atomic E-state index is 0.163. The van der Waals surface area contributed by atoms with Crippen molar-refractivity contribution in [1.29, 1.82) is 5.26 Å². The SMILES string of the molecule is COc1ccccc1CCC(=O)Nc1sc2c(c1C#N)CCN(C(=O)NC(C)c1cnc[nH]1)C2. The number of hydrogen-bond donors (Lipinski definition) is 3. The first-order valence-corrected chi connectivity index (χ1v) is 11.8. The van der Waals surface area contributed by atoms with Gasteiger partial charge in [-0.25, -0.2) is 9.78 Å². The minimum atomic E-state index is -0.201. The number of imidazole rings is 1. The number of aryl methyl sites for hydroxylation is 1. The van der Waals surface area contributed by atoms with Crippen molar-refractivity contribution in [3.63, 3.8) is 0 Å². The summed E-state index contributed by atoms with van der Waals surface area (Å²) in [4.78, 5) is 35.0. The largest absolute Gasteiger partial charge is 0.496 e. The molecule has 9 nitrogen and oxygen atoms in total. The molecule has 2 aromatic heterocycles. The lowest BCUT2D eigenvalue weighted by atomic mass is 10.0. The number of fused-ring (bicyclic) bond motifs is 1. The summed E-state index contributed by atoms with van der Waals surface area (Å²) >= 11 is 1.37. The number of carbonyl (C=O) groups is 2. The van der Waals surface area contributed by atoms with E-state index >= 15 is 0 Å². The summed E-state index contributed by atoms with van der Waals surface area (Å²) in [5.74, 6) is 0.587. The molecule has 1 aromatic carbocycles. The molecule has 10 heteroatoms. The van der Waals surface area contributed by atoms with E-state index in [4.69, 9.17) is 4.74 Å². The van der Waals surface area contributed by atoms with Gasteiger partial charge in [0, 0.05) is 17.8 Å². The number of nitriles is 1. The van der Waals surface area contributed by atoms with E-state index in [1.807, 2.05) is 31.2 Å². The zero-order valence-corrected chi connectivity index (χ0v) is 19.9. The number of methoxy groups -OCH3 is 1. The van der Waals surface area contributed by atoms with Crippen molar-refractivity contribution >= 4 is 28.3 Å². The predicted octanol–water partition coefficient (Wildman–Crippen LogP) is 3.75. The van der Waals surface area contributed by atoms with E-state index in [-0.39, 0.29) is 24.4 Å². The Balaban J connectivity index is 1.39. The summed E-state index contributed by atoms with van der Waals surface area (Å²) in [6.07, 6.45) is 4.63. The van der Waals surface area contributed by atoms with Crippen molar-refractivity contribution in [3.8, 4) is 11.8 Å². The Morgan fingerprint density at radius 1 is 1.38 bits per heavy atom. The van der Waals surface area contributed by atoms with Crippen LogP contribution in [0.4, 0.5) is 9.80 Å². The third-order valence-electron chi connectivity index (χ3n) is 5.85. The molecule has 3 amide bonds. The maximum Gasteiger partial charge on any atom is 0.318 e. The highest BCUT2D eigenvalue weighted by Gasteiger charge is 2.28. The van der Waals surface area contributed by atoms with Gasteiger partial charge >= 0.3 is 6.03 Å². The van der Waals surface area contributed by atoms with Crippen LogP contribution in [0, 0.1) is 11.3 Å². The predicted molar refractivity (Wildman–Crippen MR) is 129 cm³/mol. The molecule has 0 fully saturated rings. The topological polar surface area (TPSA) is 123 Å². The highest BCUT2D eigenvalue weighted by Crippen LogP contribution is 2.37. The van der Waals surface area contributed by atoms with E-state index in [1.54, 1.807) is 24.5 Å². The number of benzene rings is 1. The molecule has 3 N–H and O–H groups in total. The van der Waals surface area contributed by atoms with Crippen molar-refractivity contribution in [2.75, 3.05) is 19.0 Å². The number of ether oxygens (including phenoxy) is 1. The first-order valence-electron chi connectivity index (χ1n) is 11.0. The second-order valence-corrected chi connectivity index (χ2v) is 9.13. The number of hydrogen-bond acceptors (Lipinski definition) is 6. The average Bonchev–Trinajstić information content (AvgIpc) is 3.50. The van der Waals surface area contributed by atoms with Gasteiger partial charge in [0.05, 0.1) is 43.5 Å². The van der Waals surface area contributed by atoms with Crippen LogP contribution in [0.2, 0.25) is 0 Å². The fraction of sp³-hybridized carbons (Fsp3) is 0.333. The van der Waals surface area contributed by atoms with E-state index in [2.05, 4.69) is 26.7 Å². The number of thiophene rings is 1. The van der Waals surface area contributed by atoms with Gasteiger partial charge in [-0.2, -0.15) is 5.26 Å². The van der Waals surface area contributed by atoms with Crippen LogP contribution in [0.3, 0.4) is 0 Å². The Morgan fingerprint density at radius 3 is 2.94 bits per heavy atom. The van der Waals surface area contributed by atoms with Gasteiger partial charge in [-0.05, 0) is 37.0 Å². The monoisotopic (exact) mass is 478 g/mol. The maximum absolute atomic E-state index is 12.8. The van der Waals surface area contributed by atoms with Crippen LogP contribution in [0.25, 0.3) is 0 Å². The zero-order chi connectivity index (χ0) is 24.1. The Bertz CT molecular complexity index is 1210. The molecular weight excluding hydrogens is 452 g/mol. The van der Waals surface area contributed by atoms with Gasteiger partial charge in [-0.1, -0.05) is 18.2 Å². The third kappa shape index (κ3) is 5.05. The first kappa shape index (κ1) is 23.3. The minimum Gasteiger partial charge on any atom is -0.496 e. The van der Waals surface area contributed by atoms with E-state index in [9.17, 15) is 14.9 Å². The summed E-state index contributed by atoms with van der Waals surface area (Å²) in [5, 5.41) is 16.2. The molecule has 0 bridgehead atoms. The molecular formula is C24H26N6O3S. The molecule has 3 aromatic rings. The van der Waals surface area contributed by atoms with Crippen LogP contribution in [-0.4, -0.2) is 40.5 Å². The van der Waals surface area contributed by atoms with Gasteiger partial charge in [-0.15, -0.1) is 11.3 Å². The molecule has 1 atom stereocenters. The molecule has 4 rings (SSSR count). The Kier molecular flexibility index (Phi) is 7.13. The number of H-pyrrole nitrogens is 1. The molecule has 0 aliphatic carbocycles. The molecule has 0 saturated carbocycles. The average molecular weight is 479 g/mol. The molecule has 34 heavy (non-hydrogen) atoms. The lowest BCUT2D eigenvalue weighted by molar-refractivity contribution is -0.116. The summed E-state index contributed by atoms with van der Waals surface area (Å²) in [6, 6.07) is 9.46. The molecule has 1 aliphatic rings. The van der Waals surface area contributed by atoms with Gasteiger partial charge in [0.15, 0.2) is 0 Å². The molecule has 3 heterocycles. The molecule has 0 radical (unpaired) electrons. The van der Waals surface area contributed by atoms with E-state index in [0.29, 0.717) is 36.5 Å². The summed E-state index contributed by atoms with van der Waals surface area (Å²) < 4.78 is 5.35. The van der Waals surface area contributed by atoms with Gasteiger partial charge in [-0.3, -0.25) is 4.79 Å². The zero-order valence-electron chi connectivity index (χ0n) is 19.1. The van der Waals surface area contributed by atoms with Crippen LogP contribution in [0.1, 0.15) is 46.6 Å². The van der Waals surface area contributed by atoms with E-state index < -0.39 is 0 Å². The van der Waals surface area contributed by atoms with Gasteiger partial charge in [0.1, 0.15) is 16.8 Å². The fourth-order valence-corrected chi connectivity index (χ4v) is 5.22. The summed E-state index contributed by atoms with van der Waals surface area (Å²) in [5.41, 5.74) is 3.19. The van der Waals surface area contributed by atoms with E-state index in [0.717, 1.165) is 27.4 Å². The number of rotatable bonds is 7. The second kappa shape index (κ2) is 10.4. The van der Waals surface area contributed by atoms with Crippen molar-refractivity contribution in [2.24, 2.45) is 0 Å². The fourth-order valence-electron chi connectivity index (χ4n) is 3.99. The number of aromatic amines is 1. The number of amides is 3. The third-order valence-corrected chi connectivity index (χ3v) is 6.98. The van der Waals surface area contributed by atoms with Gasteiger partial charge < -0.3 is 25.3 Å². The highest BCUT2D eigenvalue weighted by molar-refractivity contribution is 7.16. The smallest absolute Gasteiger partial charge is 0.318 e. The van der Waals surface area contributed by atoms with Crippen LogP contribution in [0.15, 0.2) is 36.8 Å². The molecule has 0 saturated heterocycles. The lowest BCUT2D eigenvalue weighted by Crippen LogP contribution is -2.43. The number of urea groups is 1. The number of nitrogens with zero attached hydrogens (tertiary/aromatic N) is 3. The lowest BCUT2D eigenvalue weighted by Gasteiger charge is -2.28.